The van der Waals surface area contributed by atoms with Crippen molar-refractivity contribution in [3.05, 3.63) is 58.1 Å². The SMILES string of the molecule is CNC(=O)CCN(C=O)c1nn(C)c2cc(C3CCN(CC4CCN(Sc5ccc([N+](=O)[O-])cc5)CC4)CC3)ccc12. The number of hydrogen-bond donors (Lipinski definition) is 1. The summed E-state index contributed by atoms with van der Waals surface area (Å²) < 4.78 is 4.20. The molecule has 0 spiro atoms. The molecule has 5 rings (SSSR count). The number of piperidine rings is 2. The molecule has 11 nitrogen and oxygen atoms in total. The first-order chi connectivity index (χ1) is 20.3. The number of nitro groups is 1. The topological polar surface area (TPSA) is 117 Å². The van der Waals surface area contributed by atoms with E-state index in [9.17, 15) is 19.7 Å². The molecule has 2 aliphatic heterocycles. The number of benzene rings is 2. The molecule has 1 aromatic heterocycles. The van der Waals surface area contributed by atoms with Gasteiger partial charge in [-0.2, -0.15) is 5.10 Å². The van der Waals surface area contributed by atoms with Crippen molar-refractivity contribution in [2.45, 2.75) is 42.9 Å². The van der Waals surface area contributed by atoms with Gasteiger partial charge in [0.25, 0.3) is 5.69 Å². The Balaban J connectivity index is 1.10. The molecular weight excluding hydrogens is 554 g/mol. The zero-order chi connectivity index (χ0) is 29.6. The number of non-ortho nitro benzene ring substituents is 1. The second-order valence-corrected chi connectivity index (χ2v) is 12.4. The highest BCUT2D eigenvalue weighted by molar-refractivity contribution is 7.97. The van der Waals surface area contributed by atoms with Crippen LogP contribution in [0.2, 0.25) is 0 Å². The molecule has 0 saturated carbocycles. The lowest BCUT2D eigenvalue weighted by Crippen LogP contribution is -2.39. The highest BCUT2D eigenvalue weighted by atomic mass is 32.2. The number of rotatable bonds is 11. The summed E-state index contributed by atoms with van der Waals surface area (Å²) >= 11 is 1.70. The van der Waals surface area contributed by atoms with E-state index in [2.05, 4.69) is 37.8 Å². The van der Waals surface area contributed by atoms with E-state index in [0.717, 1.165) is 67.8 Å². The van der Waals surface area contributed by atoms with E-state index in [-0.39, 0.29) is 29.5 Å². The number of amides is 2. The van der Waals surface area contributed by atoms with Crippen LogP contribution in [0.15, 0.2) is 47.4 Å². The van der Waals surface area contributed by atoms with Crippen molar-refractivity contribution < 1.29 is 14.5 Å². The summed E-state index contributed by atoms with van der Waals surface area (Å²) in [7, 11) is 3.49. The number of carbonyl (C=O) groups is 2. The minimum atomic E-state index is -0.360. The second kappa shape index (κ2) is 13.7. The number of hydrogen-bond acceptors (Lipinski definition) is 8. The van der Waals surface area contributed by atoms with Crippen LogP contribution in [0.1, 0.15) is 43.6 Å². The maximum Gasteiger partial charge on any atom is 0.269 e. The fourth-order valence-corrected chi connectivity index (χ4v) is 7.00. The highest BCUT2D eigenvalue weighted by Crippen LogP contribution is 2.34. The van der Waals surface area contributed by atoms with E-state index < -0.39 is 0 Å². The van der Waals surface area contributed by atoms with Gasteiger partial charge in [-0.1, -0.05) is 6.07 Å². The second-order valence-electron chi connectivity index (χ2n) is 11.2. The largest absolute Gasteiger partial charge is 0.359 e. The quantitative estimate of drug-likeness (QED) is 0.152. The van der Waals surface area contributed by atoms with Crippen LogP contribution in [0.3, 0.4) is 0 Å². The number of nitro benzene ring substituents is 1. The third-order valence-corrected chi connectivity index (χ3v) is 9.65. The average Bonchev–Trinajstić information content (AvgIpc) is 3.34. The number of aryl methyl sites for hydroxylation is 1. The maximum absolute atomic E-state index is 11.8. The van der Waals surface area contributed by atoms with Crippen molar-refractivity contribution in [1.82, 2.24) is 24.3 Å². The molecule has 0 bridgehead atoms. The number of fused-ring (bicyclic) bond motifs is 1. The number of nitrogens with one attached hydrogen (secondary N) is 1. The number of carbonyl (C=O) groups excluding carboxylic acids is 2. The lowest BCUT2D eigenvalue weighted by molar-refractivity contribution is -0.384. The molecule has 0 aliphatic carbocycles. The Hall–Kier alpha value is -3.48. The monoisotopic (exact) mass is 593 g/mol. The van der Waals surface area contributed by atoms with Gasteiger partial charge < -0.3 is 10.2 Å². The van der Waals surface area contributed by atoms with Crippen LogP contribution < -0.4 is 10.2 Å². The predicted molar refractivity (Wildman–Crippen MR) is 164 cm³/mol. The Morgan fingerprint density at radius 1 is 1.12 bits per heavy atom. The molecule has 2 aromatic carbocycles. The summed E-state index contributed by atoms with van der Waals surface area (Å²) in [6.07, 6.45) is 5.55. The molecule has 0 radical (unpaired) electrons. The third kappa shape index (κ3) is 7.11. The summed E-state index contributed by atoms with van der Waals surface area (Å²) in [6.45, 7) is 5.67. The smallest absolute Gasteiger partial charge is 0.269 e. The molecule has 224 valence electrons. The van der Waals surface area contributed by atoms with Crippen molar-refractivity contribution in [2.75, 3.05) is 51.2 Å². The van der Waals surface area contributed by atoms with Crippen molar-refractivity contribution >= 4 is 46.7 Å². The van der Waals surface area contributed by atoms with E-state index in [4.69, 9.17) is 0 Å². The summed E-state index contributed by atoms with van der Waals surface area (Å²) in [4.78, 5) is 39.2. The fraction of sp³-hybridized carbons (Fsp3) is 0.500. The van der Waals surface area contributed by atoms with Crippen molar-refractivity contribution in [1.29, 1.82) is 0 Å². The molecular formula is C30H39N7O4S. The van der Waals surface area contributed by atoms with E-state index in [0.29, 0.717) is 17.7 Å². The van der Waals surface area contributed by atoms with Gasteiger partial charge in [-0.05, 0) is 92.4 Å². The Morgan fingerprint density at radius 2 is 1.83 bits per heavy atom. The van der Waals surface area contributed by atoms with Gasteiger partial charge in [0.05, 0.1) is 10.4 Å². The summed E-state index contributed by atoms with van der Waals surface area (Å²) in [5, 5.41) is 19.0. The lowest BCUT2D eigenvalue weighted by atomic mass is 9.88. The first kappa shape index (κ1) is 30.0. The van der Waals surface area contributed by atoms with Crippen molar-refractivity contribution in [2.24, 2.45) is 13.0 Å². The highest BCUT2D eigenvalue weighted by Gasteiger charge is 2.26. The molecule has 1 N–H and O–H groups in total. The van der Waals surface area contributed by atoms with E-state index in [1.165, 1.54) is 23.3 Å². The van der Waals surface area contributed by atoms with Gasteiger partial charge in [-0.25, -0.2) is 4.31 Å². The molecule has 0 atom stereocenters. The number of aromatic nitrogens is 2. The lowest BCUT2D eigenvalue weighted by Gasteiger charge is -2.37. The van der Waals surface area contributed by atoms with E-state index in [1.807, 2.05) is 23.9 Å². The van der Waals surface area contributed by atoms with E-state index in [1.54, 1.807) is 31.1 Å². The van der Waals surface area contributed by atoms with Gasteiger partial charge in [0, 0.05) is 69.1 Å². The number of nitrogens with zero attached hydrogens (tertiary/aromatic N) is 6. The van der Waals surface area contributed by atoms with Crippen LogP contribution in [0, 0.1) is 16.0 Å². The normalized spacial score (nSPS) is 17.4. The van der Waals surface area contributed by atoms with Gasteiger partial charge in [0.15, 0.2) is 5.82 Å². The molecule has 2 amide bonds. The van der Waals surface area contributed by atoms with Crippen LogP contribution in [-0.2, 0) is 16.6 Å². The molecule has 2 fully saturated rings. The summed E-state index contributed by atoms with van der Waals surface area (Å²) in [5.41, 5.74) is 2.44. The van der Waals surface area contributed by atoms with Crippen LogP contribution in [0.5, 0.6) is 0 Å². The van der Waals surface area contributed by atoms with Crippen LogP contribution in [0.4, 0.5) is 11.5 Å². The summed E-state index contributed by atoms with van der Waals surface area (Å²) in [6, 6.07) is 13.3. The van der Waals surface area contributed by atoms with Gasteiger partial charge in [0.2, 0.25) is 12.3 Å². The third-order valence-electron chi connectivity index (χ3n) is 8.54. The molecule has 2 saturated heterocycles. The maximum atomic E-state index is 11.8. The predicted octanol–water partition coefficient (Wildman–Crippen LogP) is 4.18. The standard InChI is InChI=1S/C30H39N7O4S/c1-31-29(39)13-16-35(21-38)30-27-8-3-24(19-28(27)33(2)32-30)23-11-14-34(15-12-23)20-22-9-17-36(18-10-22)42-26-6-4-25(5-7-26)37(40)41/h3-8,19,21-23H,9-18,20H2,1-2H3,(H,31,39). The van der Waals surface area contributed by atoms with Gasteiger partial charge in [0.1, 0.15) is 0 Å². The van der Waals surface area contributed by atoms with Crippen molar-refractivity contribution in [3.8, 4) is 0 Å². The minimum absolute atomic E-state index is 0.111. The van der Waals surface area contributed by atoms with Crippen molar-refractivity contribution in [3.63, 3.8) is 0 Å². The zero-order valence-corrected chi connectivity index (χ0v) is 25.1. The number of anilines is 1. The van der Waals surface area contributed by atoms with E-state index >= 15 is 0 Å². The Bertz CT molecular complexity index is 1400. The Kier molecular flexibility index (Phi) is 9.76. The molecule has 3 heterocycles. The molecule has 12 heteroatoms. The first-order valence-corrected chi connectivity index (χ1v) is 15.4. The van der Waals surface area contributed by atoms with Crippen LogP contribution in [0.25, 0.3) is 10.9 Å². The zero-order valence-electron chi connectivity index (χ0n) is 24.3. The summed E-state index contributed by atoms with van der Waals surface area (Å²) in [5.74, 6) is 1.67. The number of likely N-dealkylation sites (tertiary alicyclic amines) is 1. The first-order valence-electron chi connectivity index (χ1n) is 14.6. The van der Waals surface area contributed by atoms with Crippen LogP contribution in [-0.4, -0.2) is 82.5 Å². The molecule has 0 unspecified atom stereocenters. The molecule has 42 heavy (non-hydrogen) atoms. The average molecular weight is 594 g/mol. The molecule has 3 aromatic rings. The Morgan fingerprint density at radius 3 is 2.48 bits per heavy atom. The minimum Gasteiger partial charge on any atom is -0.359 e. The van der Waals surface area contributed by atoms with Gasteiger partial charge in [-0.15, -0.1) is 0 Å². The van der Waals surface area contributed by atoms with Gasteiger partial charge in [-0.3, -0.25) is 29.3 Å². The van der Waals surface area contributed by atoms with Crippen LogP contribution >= 0.6 is 11.9 Å². The fourth-order valence-electron chi connectivity index (χ4n) is 6.05. The Labute approximate surface area is 250 Å². The van der Waals surface area contributed by atoms with Gasteiger partial charge >= 0.3 is 0 Å². The molecule has 2 aliphatic rings.